The summed E-state index contributed by atoms with van der Waals surface area (Å²) in [4.78, 5) is 13.1. The number of carbonyl (C=O) groups is 1. The Labute approximate surface area is 165 Å². The molecule has 0 bridgehead atoms. The van der Waals surface area contributed by atoms with Gasteiger partial charge in [0.05, 0.1) is 0 Å². The summed E-state index contributed by atoms with van der Waals surface area (Å²) < 4.78 is 5.97. The number of hydrogen-bond donors (Lipinski definition) is 1. The first-order valence-corrected chi connectivity index (χ1v) is 9.58. The normalized spacial score (nSPS) is 13.1. The zero-order valence-electron chi connectivity index (χ0n) is 15.7. The van der Waals surface area contributed by atoms with Gasteiger partial charge in [0.2, 0.25) is 0 Å². The fraction of sp³-hybridized carbons (Fsp3) is 0.208. The number of rotatable bonds is 6. The molecule has 1 aliphatic rings. The van der Waals surface area contributed by atoms with E-state index in [9.17, 15) is 4.79 Å². The summed E-state index contributed by atoms with van der Waals surface area (Å²) in [6.45, 7) is 1.79. The van der Waals surface area contributed by atoms with Crippen LogP contribution in [0.1, 0.15) is 23.1 Å². The Morgan fingerprint density at radius 2 is 1.75 bits per heavy atom. The maximum absolute atomic E-state index is 10.8. The number of carboxylic acid groups (broad SMARTS) is 1. The van der Waals surface area contributed by atoms with Crippen LogP contribution in [-0.2, 0) is 24.2 Å². The molecular formula is C24H23NO3. The summed E-state index contributed by atoms with van der Waals surface area (Å²) >= 11 is 0. The predicted octanol–water partition coefficient (Wildman–Crippen LogP) is 5.06. The second kappa shape index (κ2) is 8.17. The maximum Gasteiger partial charge on any atom is 0.303 e. The Morgan fingerprint density at radius 1 is 0.929 bits per heavy atom. The summed E-state index contributed by atoms with van der Waals surface area (Å²) in [5.41, 5.74) is 4.89. The van der Waals surface area contributed by atoms with E-state index in [0.717, 1.165) is 42.3 Å². The minimum atomic E-state index is -0.749. The molecule has 0 saturated heterocycles. The fourth-order valence-electron chi connectivity index (χ4n) is 3.60. The topological polar surface area (TPSA) is 49.8 Å². The van der Waals surface area contributed by atoms with E-state index < -0.39 is 5.97 Å². The quantitative estimate of drug-likeness (QED) is 0.656. The van der Waals surface area contributed by atoms with Crippen molar-refractivity contribution in [1.29, 1.82) is 0 Å². The van der Waals surface area contributed by atoms with Crippen LogP contribution in [0.3, 0.4) is 0 Å². The molecule has 4 nitrogen and oxygen atoms in total. The molecule has 1 N–H and O–H groups in total. The molecule has 4 rings (SSSR count). The molecule has 0 radical (unpaired) electrons. The van der Waals surface area contributed by atoms with Crippen LogP contribution in [0.5, 0.6) is 11.5 Å². The zero-order valence-corrected chi connectivity index (χ0v) is 15.7. The molecule has 0 amide bonds. The van der Waals surface area contributed by atoms with Gasteiger partial charge in [0, 0.05) is 31.3 Å². The molecule has 28 heavy (non-hydrogen) atoms. The number of anilines is 1. The summed E-state index contributed by atoms with van der Waals surface area (Å²) in [6.07, 6.45) is 1.73. The molecule has 3 aromatic rings. The van der Waals surface area contributed by atoms with Crippen molar-refractivity contribution in [3.8, 4) is 11.5 Å². The summed E-state index contributed by atoms with van der Waals surface area (Å²) in [5, 5.41) is 8.87. The van der Waals surface area contributed by atoms with Gasteiger partial charge >= 0.3 is 5.97 Å². The van der Waals surface area contributed by atoms with E-state index in [2.05, 4.69) is 35.2 Å². The van der Waals surface area contributed by atoms with Gasteiger partial charge in [-0.1, -0.05) is 42.5 Å². The molecule has 0 saturated carbocycles. The van der Waals surface area contributed by atoms with Crippen LogP contribution in [-0.4, -0.2) is 17.6 Å². The van der Waals surface area contributed by atoms with Gasteiger partial charge in [-0.25, -0.2) is 0 Å². The molecule has 0 unspecified atom stereocenters. The third-order valence-corrected chi connectivity index (χ3v) is 5.07. The smallest absolute Gasteiger partial charge is 0.303 e. The number of ether oxygens (including phenoxy) is 1. The highest BCUT2D eigenvalue weighted by Gasteiger charge is 2.17. The van der Waals surface area contributed by atoms with Crippen molar-refractivity contribution in [3.63, 3.8) is 0 Å². The minimum absolute atomic E-state index is 0.180. The van der Waals surface area contributed by atoms with Crippen LogP contribution in [0.4, 0.5) is 5.69 Å². The van der Waals surface area contributed by atoms with Gasteiger partial charge in [-0.15, -0.1) is 0 Å². The number of carboxylic acids is 1. The lowest BCUT2D eigenvalue weighted by molar-refractivity contribution is -0.136. The Hall–Kier alpha value is -3.27. The Kier molecular flexibility index (Phi) is 5.29. The van der Waals surface area contributed by atoms with Gasteiger partial charge in [0.25, 0.3) is 0 Å². The number of hydrogen-bond acceptors (Lipinski definition) is 3. The third-order valence-electron chi connectivity index (χ3n) is 5.07. The largest absolute Gasteiger partial charge is 0.481 e. The fourth-order valence-corrected chi connectivity index (χ4v) is 3.60. The molecule has 1 heterocycles. The first-order valence-electron chi connectivity index (χ1n) is 9.58. The summed E-state index contributed by atoms with van der Waals surface area (Å²) in [7, 11) is 0. The van der Waals surface area contributed by atoms with Gasteiger partial charge in [-0.2, -0.15) is 0 Å². The van der Waals surface area contributed by atoms with Gasteiger partial charge in [-0.3, -0.25) is 4.79 Å². The van der Waals surface area contributed by atoms with E-state index in [4.69, 9.17) is 9.84 Å². The van der Waals surface area contributed by atoms with E-state index in [-0.39, 0.29) is 6.42 Å². The number of nitrogens with zero attached hydrogens (tertiary/aromatic N) is 1. The van der Waals surface area contributed by atoms with Crippen LogP contribution in [0.25, 0.3) is 0 Å². The highest BCUT2D eigenvalue weighted by Crippen LogP contribution is 2.30. The number of aryl methyl sites for hydroxylation is 1. The minimum Gasteiger partial charge on any atom is -0.481 e. The lowest BCUT2D eigenvalue weighted by Crippen LogP contribution is -2.30. The van der Waals surface area contributed by atoms with Crippen molar-refractivity contribution < 1.29 is 14.6 Å². The van der Waals surface area contributed by atoms with E-state index in [1.807, 2.05) is 42.5 Å². The van der Waals surface area contributed by atoms with E-state index in [0.29, 0.717) is 6.42 Å². The Balaban J connectivity index is 1.47. The number of para-hydroxylation sites is 1. The van der Waals surface area contributed by atoms with Gasteiger partial charge in [0.15, 0.2) is 0 Å². The van der Waals surface area contributed by atoms with E-state index >= 15 is 0 Å². The molecule has 3 aromatic carbocycles. The summed E-state index contributed by atoms with van der Waals surface area (Å²) in [6, 6.07) is 24.4. The van der Waals surface area contributed by atoms with Crippen molar-refractivity contribution in [2.45, 2.75) is 25.8 Å². The highest BCUT2D eigenvalue weighted by atomic mass is 16.5. The standard InChI is InChI=1S/C24H23NO3/c26-24(27)12-10-18-9-11-20-17-25(14-13-19(20)15-18)21-5-4-8-23(16-21)28-22-6-2-1-3-7-22/h1-9,11,15-16H,10,12-14,17H2,(H,26,27). The molecular weight excluding hydrogens is 350 g/mol. The number of aliphatic carboxylic acids is 1. The second-order valence-electron chi connectivity index (χ2n) is 7.08. The average Bonchev–Trinajstić information content (AvgIpc) is 2.72. The van der Waals surface area contributed by atoms with E-state index in [1.54, 1.807) is 0 Å². The maximum atomic E-state index is 10.8. The molecule has 0 spiro atoms. The monoisotopic (exact) mass is 373 g/mol. The molecule has 0 aromatic heterocycles. The van der Waals surface area contributed by atoms with Gasteiger partial charge in [-0.05, 0) is 53.8 Å². The van der Waals surface area contributed by atoms with Crippen LogP contribution < -0.4 is 9.64 Å². The first-order chi connectivity index (χ1) is 13.7. The van der Waals surface area contributed by atoms with Crippen LogP contribution >= 0.6 is 0 Å². The Bertz CT molecular complexity index is 969. The van der Waals surface area contributed by atoms with Crippen molar-refractivity contribution in [3.05, 3.63) is 89.5 Å². The molecule has 142 valence electrons. The molecule has 4 heteroatoms. The van der Waals surface area contributed by atoms with Crippen molar-refractivity contribution in [2.75, 3.05) is 11.4 Å². The van der Waals surface area contributed by atoms with Crippen molar-refractivity contribution in [1.82, 2.24) is 0 Å². The highest BCUT2D eigenvalue weighted by molar-refractivity contribution is 5.67. The first kappa shape index (κ1) is 18.1. The molecule has 0 fully saturated rings. The van der Waals surface area contributed by atoms with Crippen LogP contribution in [0, 0.1) is 0 Å². The van der Waals surface area contributed by atoms with Crippen molar-refractivity contribution in [2.24, 2.45) is 0 Å². The Morgan fingerprint density at radius 3 is 2.57 bits per heavy atom. The number of fused-ring (bicyclic) bond motifs is 1. The van der Waals surface area contributed by atoms with Crippen molar-refractivity contribution >= 4 is 11.7 Å². The average molecular weight is 373 g/mol. The number of benzene rings is 3. The predicted molar refractivity (Wildman–Crippen MR) is 110 cm³/mol. The molecule has 0 aliphatic carbocycles. The lowest BCUT2D eigenvalue weighted by atomic mass is 9.95. The SMILES string of the molecule is O=C(O)CCc1ccc2c(c1)CCN(c1cccc(Oc3ccccc3)c1)C2. The van der Waals surface area contributed by atoms with Gasteiger partial charge < -0.3 is 14.7 Å². The van der Waals surface area contributed by atoms with Crippen LogP contribution in [0.15, 0.2) is 72.8 Å². The second-order valence-corrected chi connectivity index (χ2v) is 7.08. The van der Waals surface area contributed by atoms with E-state index in [1.165, 1.54) is 11.1 Å². The van der Waals surface area contributed by atoms with Gasteiger partial charge in [0.1, 0.15) is 11.5 Å². The third kappa shape index (κ3) is 4.34. The summed E-state index contributed by atoms with van der Waals surface area (Å²) in [5.74, 6) is 0.914. The molecule has 0 atom stereocenters. The van der Waals surface area contributed by atoms with Crippen LogP contribution in [0.2, 0.25) is 0 Å². The molecule has 1 aliphatic heterocycles. The lowest BCUT2D eigenvalue weighted by Gasteiger charge is -2.31. The zero-order chi connectivity index (χ0) is 19.3.